The molecule has 4 nitrogen and oxygen atoms in total. The summed E-state index contributed by atoms with van der Waals surface area (Å²) in [5.41, 5.74) is 2.84. The van der Waals surface area contributed by atoms with E-state index in [4.69, 9.17) is 0 Å². The van der Waals surface area contributed by atoms with E-state index in [1.165, 1.54) is 29.4 Å². The lowest BCUT2D eigenvalue weighted by Gasteiger charge is -2.32. The van der Waals surface area contributed by atoms with Crippen LogP contribution in [0.1, 0.15) is 18.9 Å². The van der Waals surface area contributed by atoms with Crippen molar-refractivity contribution in [3.63, 3.8) is 0 Å². The first-order valence-electron chi connectivity index (χ1n) is 6.94. The molecule has 0 bridgehead atoms. The topological polar surface area (TPSA) is 35.6 Å². The van der Waals surface area contributed by atoms with E-state index in [2.05, 4.69) is 48.3 Å². The normalized spacial score (nSPS) is 28.4. The number of hydrogen-bond acceptors (Lipinski definition) is 4. The maximum atomic E-state index is 11.5. The predicted octanol–water partition coefficient (Wildman–Crippen LogP) is 2.49. The summed E-state index contributed by atoms with van der Waals surface area (Å²) in [5.74, 6) is 0. The molecule has 1 amide bonds. The van der Waals surface area contributed by atoms with Gasteiger partial charge in [0.1, 0.15) is 0 Å². The fourth-order valence-corrected chi connectivity index (χ4v) is 4.41. The van der Waals surface area contributed by atoms with Gasteiger partial charge in [0.15, 0.2) is 0 Å². The third-order valence-electron chi connectivity index (χ3n) is 4.72. The standard InChI is InChI=1S/C15H21N3OS/c1-15-7-8-17(3)13(15)18(4)12-6-5-10(9-11(12)15)20-14(19)16-2/h5-6,9,13H,7-8H2,1-4H3,(H,16,19)/t13-,15+/m1/s1. The van der Waals surface area contributed by atoms with Gasteiger partial charge in [0.2, 0.25) is 0 Å². The second-order valence-corrected chi connectivity index (χ2v) is 7.00. The summed E-state index contributed by atoms with van der Waals surface area (Å²) in [6.45, 7) is 3.47. The molecule has 2 heterocycles. The highest BCUT2D eigenvalue weighted by atomic mass is 32.2. The van der Waals surface area contributed by atoms with E-state index in [1.807, 2.05) is 6.07 Å². The van der Waals surface area contributed by atoms with Gasteiger partial charge in [0, 0.05) is 36.6 Å². The van der Waals surface area contributed by atoms with Gasteiger partial charge < -0.3 is 10.2 Å². The molecule has 0 aromatic heterocycles. The minimum atomic E-state index is -0.0125. The van der Waals surface area contributed by atoms with Gasteiger partial charge in [-0.2, -0.15) is 0 Å². The highest BCUT2D eigenvalue weighted by molar-refractivity contribution is 8.13. The second-order valence-electron chi connectivity index (χ2n) is 5.95. The van der Waals surface area contributed by atoms with Crippen molar-refractivity contribution < 1.29 is 4.79 Å². The minimum Gasteiger partial charge on any atom is -0.358 e. The van der Waals surface area contributed by atoms with Gasteiger partial charge in [0.05, 0.1) is 6.17 Å². The lowest BCUT2D eigenvalue weighted by atomic mass is 9.81. The lowest BCUT2D eigenvalue weighted by molar-refractivity contribution is 0.262. The van der Waals surface area contributed by atoms with Crippen LogP contribution < -0.4 is 10.2 Å². The molecule has 0 radical (unpaired) electrons. The number of carbonyl (C=O) groups excluding carboxylic acids is 1. The number of fused-ring (bicyclic) bond motifs is 3. The molecule has 1 aromatic rings. The number of nitrogens with zero attached hydrogens (tertiary/aromatic N) is 2. The highest BCUT2D eigenvalue weighted by Crippen LogP contribution is 2.51. The molecule has 0 aliphatic carbocycles. The molecule has 0 unspecified atom stereocenters. The van der Waals surface area contributed by atoms with E-state index in [-0.39, 0.29) is 10.7 Å². The van der Waals surface area contributed by atoms with Crippen molar-refractivity contribution in [2.75, 3.05) is 32.6 Å². The summed E-state index contributed by atoms with van der Waals surface area (Å²) in [5, 5.41) is 2.65. The van der Waals surface area contributed by atoms with Gasteiger partial charge in [-0.1, -0.05) is 6.92 Å². The number of anilines is 1. The molecular formula is C15H21N3OS. The Morgan fingerprint density at radius 3 is 2.90 bits per heavy atom. The molecule has 1 fully saturated rings. The Hall–Kier alpha value is -1.20. The third-order valence-corrected chi connectivity index (χ3v) is 5.60. The van der Waals surface area contributed by atoms with Gasteiger partial charge in [0.25, 0.3) is 5.24 Å². The Balaban J connectivity index is 2.00. The Bertz CT molecular complexity index is 562. The van der Waals surface area contributed by atoms with Crippen LogP contribution in [0.3, 0.4) is 0 Å². The van der Waals surface area contributed by atoms with Crippen LogP contribution in [0.5, 0.6) is 0 Å². The van der Waals surface area contributed by atoms with E-state index in [0.29, 0.717) is 6.17 Å². The third kappa shape index (κ3) is 1.84. The van der Waals surface area contributed by atoms with Crippen LogP contribution in [0.2, 0.25) is 0 Å². The average molecular weight is 291 g/mol. The number of likely N-dealkylation sites (tertiary alicyclic amines) is 1. The van der Waals surface area contributed by atoms with E-state index in [9.17, 15) is 4.79 Å². The summed E-state index contributed by atoms with van der Waals surface area (Å²) in [6, 6.07) is 6.39. The van der Waals surface area contributed by atoms with Gasteiger partial charge in [-0.05, 0) is 49.0 Å². The minimum absolute atomic E-state index is 0.0125. The molecule has 1 aromatic carbocycles. The van der Waals surface area contributed by atoms with Crippen molar-refractivity contribution >= 4 is 22.7 Å². The van der Waals surface area contributed by atoms with E-state index >= 15 is 0 Å². The number of nitrogens with one attached hydrogen (secondary N) is 1. The number of hydrogen-bond donors (Lipinski definition) is 1. The fraction of sp³-hybridized carbons (Fsp3) is 0.533. The Labute approximate surface area is 124 Å². The monoisotopic (exact) mass is 291 g/mol. The molecule has 5 heteroatoms. The van der Waals surface area contributed by atoms with Gasteiger partial charge in [-0.25, -0.2) is 0 Å². The number of likely N-dealkylation sites (N-methyl/N-ethyl adjacent to an activating group) is 2. The molecule has 0 saturated carbocycles. The Morgan fingerprint density at radius 2 is 2.20 bits per heavy atom. The zero-order valence-corrected chi connectivity index (χ0v) is 13.3. The van der Waals surface area contributed by atoms with Gasteiger partial charge >= 0.3 is 0 Å². The number of benzene rings is 1. The molecular weight excluding hydrogens is 270 g/mol. The van der Waals surface area contributed by atoms with Crippen LogP contribution in [0.4, 0.5) is 10.5 Å². The summed E-state index contributed by atoms with van der Waals surface area (Å²) < 4.78 is 0. The molecule has 0 spiro atoms. The number of thioether (sulfide) groups is 1. The number of carbonyl (C=O) groups is 1. The molecule has 2 aliphatic rings. The zero-order valence-electron chi connectivity index (χ0n) is 12.4. The highest BCUT2D eigenvalue weighted by Gasteiger charge is 2.52. The molecule has 108 valence electrons. The second kappa shape index (κ2) is 4.67. The van der Waals surface area contributed by atoms with E-state index in [1.54, 1.807) is 7.05 Å². The van der Waals surface area contributed by atoms with Crippen molar-refractivity contribution in [1.82, 2.24) is 10.2 Å². The van der Waals surface area contributed by atoms with E-state index in [0.717, 1.165) is 11.4 Å². The van der Waals surface area contributed by atoms with Crippen molar-refractivity contribution in [3.8, 4) is 0 Å². The lowest BCUT2D eigenvalue weighted by Crippen LogP contribution is -2.45. The van der Waals surface area contributed by atoms with Crippen LogP contribution in [0.15, 0.2) is 23.1 Å². The van der Waals surface area contributed by atoms with E-state index < -0.39 is 0 Å². The predicted molar refractivity (Wildman–Crippen MR) is 83.5 cm³/mol. The first kappa shape index (κ1) is 13.8. The Morgan fingerprint density at radius 1 is 1.45 bits per heavy atom. The van der Waals surface area contributed by atoms with Crippen molar-refractivity contribution in [3.05, 3.63) is 23.8 Å². The molecule has 1 saturated heterocycles. The Kier molecular flexibility index (Phi) is 3.21. The SMILES string of the molecule is CNC(=O)Sc1ccc2c(c1)[C@]1(C)CCN(C)[C@@H]1N2C. The quantitative estimate of drug-likeness (QED) is 0.806. The first-order chi connectivity index (χ1) is 9.47. The molecule has 3 rings (SSSR count). The van der Waals surface area contributed by atoms with Crippen LogP contribution in [0, 0.1) is 0 Å². The molecule has 1 N–H and O–H groups in total. The maximum absolute atomic E-state index is 11.5. The summed E-state index contributed by atoms with van der Waals surface area (Å²) in [7, 11) is 6.03. The fourth-order valence-electron chi connectivity index (χ4n) is 3.78. The smallest absolute Gasteiger partial charge is 0.283 e. The molecule has 2 atom stereocenters. The van der Waals surface area contributed by atoms with Crippen molar-refractivity contribution in [1.29, 1.82) is 0 Å². The number of amides is 1. The maximum Gasteiger partial charge on any atom is 0.283 e. The summed E-state index contributed by atoms with van der Waals surface area (Å²) >= 11 is 1.26. The van der Waals surface area contributed by atoms with Crippen LogP contribution in [-0.2, 0) is 5.41 Å². The van der Waals surface area contributed by atoms with Crippen LogP contribution in [-0.4, -0.2) is 44.0 Å². The van der Waals surface area contributed by atoms with Crippen molar-refractivity contribution in [2.45, 2.75) is 29.8 Å². The zero-order chi connectivity index (χ0) is 14.5. The average Bonchev–Trinajstić information content (AvgIpc) is 2.85. The molecule has 20 heavy (non-hydrogen) atoms. The van der Waals surface area contributed by atoms with Crippen molar-refractivity contribution in [2.24, 2.45) is 0 Å². The molecule has 2 aliphatic heterocycles. The first-order valence-corrected chi connectivity index (χ1v) is 7.76. The van der Waals surface area contributed by atoms with Gasteiger partial charge in [-0.15, -0.1) is 0 Å². The largest absolute Gasteiger partial charge is 0.358 e. The summed E-state index contributed by atoms with van der Waals surface area (Å²) in [6.07, 6.45) is 1.59. The van der Waals surface area contributed by atoms with Crippen LogP contribution in [0.25, 0.3) is 0 Å². The van der Waals surface area contributed by atoms with Gasteiger partial charge in [-0.3, -0.25) is 9.69 Å². The summed E-state index contributed by atoms with van der Waals surface area (Å²) in [4.78, 5) is 17.4. The van der Waals surface area contributed by atoms with Crippen LogP contribution >= 0.6 is 11.8 Å². The number of rotatable bonds is 1.